The molecule has 0 aliphatic heterocycles. The van der Waals surface area contributed by atoms with E-state index in [0.717, 1.165) is 0 Å². The topological polar surface area (TPSA) is 0 Å². The second-order valence-corrected chi connectivity index (χ2v) is 3.14. The van der Waals surface area contributed by atoms with Gasteiger partial charge in [-0.05, 0) is 0 Å². The van der Waals surface area contributed by atoms with E-state index in [-0.39, 0.29) is 0 Å². The quantitative estimate of drug-likeness (QED) is 0.392. The standard InChI is InChI=1S/C6H14P/c1-3-5-6-7-4-2/h3-6H2,1-2H3/q-1. The van der Waals surface area contributed by atoms with Gasteiger partial charge in [0.2, 0.25) is 0 Å². The molecule has 0 aliphatic rings. The highest BCUT2D eigenvalue weighted by atomic mass is 31.1. The van der Waals surface area contributed by atoms with Crippen LogP contribution in [0, 0.1) is 0 Å². The van der Waals surface area contributed by atoms with Crippen molar-refractivity contribution in [3.8, 4) is 0 Å². The Morgan fingerprint density at radius 3 is 2.43 bits per heavy atom. The molecule has 0 spiro atoms. The zero-order valence-electron chi connectivity index (χ0n) is 5.28. The molecule has 0 rings (SSSR count). The van der Waals surface area contributed by atoms with E-state index in [1.807, 2.05) is 0 Å². The first kappa shape index (κ1) is 7.43. The third-order valence-corrected chi connectivity index (χ3v) is 1.97. The van der Waals surface area contributed by atoms with E-state index in [4.69, 9.17) is 0 Å². The van der Waals surface area contributed by atoms with E-state index in [2.05, 4.69) is 13.8 Å². The first-order valence-corrected chi connectivity index (χ1v) is 4.31. The maximum atomic E-state index is 2.24. The second kappa shape index (κ2) is 6.43. The van der Waals surface area contributed by atoms with Crippen molar-refractivity contribution in [2.45, 2.75) is 26.7 Å². The highest BCUT2D eigenvalue weighted by molar-refractivity contribution is 7.37. The van der Waals surface area contributed by atoms with Crippen molar-refractivity contribution < 1.29 is 0 Å². The van der Waals surface area contributed by atoms with Gasteiger partial charge in [-0.15, -0.1) is 0 Å². The number of hydrogen-bond donors (Lipinski definition) is 0. The highest BCUT2D eigenvalue weighted by Crippen LogP contribution is 2.09. The van der Waals surface area contributed by atoms with Gasteiger partial charge in [-0.3, -0.25) is 0 Å². The van der Waals surface area contributed by atoms with Gasteiger partial charge in [0.15, 0.2) is 0 Å². The summed E-state index contributed by atoms with van der Waals surface area (Å²) in [5, 5.41) is 0. The Bertz CT molecular complexity index is 23.4. The smallest absolute Gasteiger partial charge is 0.0584 e. The Morgan fingerprint density at radius 2 is 2.00 bits per heavy atom. The van der Waals surface area contributed by atoms with Gasteiger partial charge in [0.1, 0.15) is 0 Å². The highest BCUT2D eigenvalue weighted by Gasteiger charge is 1.67. The summed E-state index contributed by atoms with van der Waals surface area (Å²) in [6, 6.07) is 0. The van der Waals surface area contributed by atoms with Gasteiger partial charge in [0.25, 0.3) is 0 Å². The van der Waals surface area contributed by atoms with Crippen molar-refractivity contribution in [3.63, 3.8) is 0 Å². The van der Waals surface area contributed by atoms with Crippen LogP contribution in [0.5, 0.6) is 0 Å². The number of unbranched alkanes of at least 4 members (excludes halogenated alkanes) is 1. The lowest BCUT2D eigenvalue weighted by atomic mass is 10.4. The largest absolute Gasteiger partial charge is 0.540 e. The van der Waals surface area contributed by atoms with Gasteiger partial charge in [-0.1, -0.05) is 26.7 Å². The molecule has 0 unspecified atom stereocenters. The third kappa shape index (κ3) is 6.43. The minimum atomic E-state index is 1.33. The summed E-state index contributed by atoms with van der Waals surface area (Å²) in [6.45, 7) is 4.47. The van der Waals surface area contributed by atoms with Gasteiger partial charge < -0.3 is 8.58 Å². The zero-order chi connectivity index (χ0) is 5.54. The van der Waals surface area contributed by atoms with Crippen LogP contribution in [0.2, 0.25) is 0 Å². The van der Waals surface area contributed by atoms with Crippen LogP contribution in [0.3, 0.4) is 0 Å². The Morgan fingerprint density at radius 1 is 1.29 bits per heavy atom. The average molecular weight is 117 g/mol. The maximum absolute atomic E-state index is 2.24. The molecule has 0 aromatic heterocycles. The minimum Gasteiger partial charge on any atom is -0.540 e. The average Bonchev–Trinajstić information content (AvgIpc) is 1.69. The SMILES string of the molecule is CCCC[P-]CC. The van der Waals surface area contributed by atoms with Gasteiger partial charge in [-0.25, -0.2) is 0 Å². The predicted molar refractivity (Wildman–Crippen MR) is 37.2 cm³/mol. The molecule has 0 aromatic rings. The molecule has 0 bridgehead atoms. The fourth-order valence-electron chi connectivity index (χ4n) is 0.428. The van der Waals surface area contributed by atoms with Gasteiger partial charge in [-0.2, -0.15) is 12.3 Å². The van der Waals surface area contributed by atoms with E-state index < -0.39 is 0 Å². The molecule has 0 amide bonds. The molecule has 0 fully saturated rings. The summed E-state index contributed by atoms with van der Waals surface area (Å²) in [4.78, 5) is 0. The fourth-order valence-corrected chi connectivity index (χ4v) is 1.28. The van der Waals surface area contributed by atoms with Crippen molar-refractivity contribution in [3.05, 3.63) is 0 Å². The summed E-state index contributed by atoms with van der Waals surface area (Å²) in [6.07, 6.45) is 5.51. The molecule has 44 valence electrons. The molecule has 0 aliphatic carbocycles. The third-order valence-electron chi connectivity index (χ3n) is 0.893. The van der Waals surface area contributed by atoms with Crippen LogP contribution in [-0.2, 0) is 0 Å². The first-order valence-electron chi connectivity index (χ1n) is 3.05. The fraction of sp³-hybridized carbons (Fsp3) is 1.00. The Kier molecular flexibility index (Phi) is 6.82. The lowest BCUT2D eigenvalue weighted by Gasteiger charge is -2.09. The van der Waals surface area contributed by atoms with Crippen LogP contribution in [-0.4, -0.2) is 12.3 Å². The molecule has 0 heterocycles. The Balaban J connectivity index is 2.45. The summed E-state index contributed by atoms with van der Waals surface area (Å²) in [5.74, 6) is 0. The van der Waals surface area contributed by atoms with E-state index in [0.29, 0.717) is 0 Å². The van der Waals surface area contributed by atoms with Crippen molar-refractivity contribution in [1.29, 1.82) is 0 Å². The van der Waals surface area contributed by atoms with Crippen molar-refractivity contribution in [1.82, 2.24) is 0 Å². The minimum absolute atomic E-state index is 1.33. The molecular formula is C6H14P-. The Labute approximate surface area is 48.5 Å². The molecule has 0 saturated carbocycles. The molecule has 0 aromatic carbocycles. The second-order valence-electron chi connectivity index (χ2n) is 1.62. The van der Waals surface area contributed by atoms with E-state index in [1.54, 1.807) is 8.58 Å². The number of rotatable bonds is 4. The molecule has 0 atom stereocenters. The summed E-state index contributed by atoms with van der Waals surface area (Å²) < 4.78 is 0. The summed E-state index contributed by atoms with van der Waals surface area (Å²) in [7, 11) is 1.63. The lowest BCUT2D eigenvalue weighted by Crippen LogP contribution is -1.73. The molecule has 0 radical (unpaired) electrons. The molecule has 1 heteroatoms. The zero-order valence-corrected chi connectivity index (χ0v) is 6.17. The van der Waals surface area contributed by atoms with Crippen LogP contribution in [0.15, 0.2) is 0 Å². The predicted octanol–water partition coefficient (Wildman–Crippen LogP) is 2.75. The molecular weight excluding hydrogens is 103 g/mol. The van der Waals surface area contributed by atoms with Gasteiger partial charge in [0, 0.05) is 0 Å². The molecule has 0 N–H and O–H groups in total. The van der Waals surface area contributed by atoms with Crippen molar-refractivity contribution >= 4 is 8.58 Å². The van der Waals surface area contributed by atoms with Crippen LogP contribution in [0.25, 0.3) is 0 Å². The van der Waals surface area contributed by atoms with Crippen LogP contribution >= 0.6 is 8.58 Å². The van der Waals surface area contributed by atoms with E-state index >= 15 is 0 Å². The first-order chi connectivity index (χ1) is 3.41. The van der Waals surface area contributed by atoms with Gasteiger partial charge >= 0.3 is 0 Å². The van der Waals surface area contributed by atoms with Crippen molar-refractivity contribution in [2.75, 3.05) is 12.3 Å². The van der Waals surface area contributed by atoms with Gasteiger partial charge in [0.05, 0.1) is 0 Å². The monoisotopic (exact) mass is 117 g/mol. The van der Waals surface area contributed by atoms with Crippen molar-refractivity contribution in [2.24, 2.45) is 0 Å². The molecule has 0 saturated heterocycles. The summed E-state index contributed by atoms with van der Waals surface area (Å²) >= 11 is 0. The Hall–Kier alpha value is 0.430. The van der Waals surface area contributed by atoms with Crippen LogP contribution < -0.4 is 0 Å². The van der Waals surface area contributed by atoms with E-state index in [1.165, 1.54) is 25.2 Å². The van der Waals surface area contributed by atoms with Crippen LogP contribution in [0.1, 0.15) is 26.7 Å². The molecule has 7 heavy (non-hydrogen) atoms. The lowest BCUT2D eigenvalue weighted by molar-refractivity contribution is 0.893. The van der Waals surface area contributed by atoms with E-state index in [9.17, 15) is 0 Å². The number of hydrogen-bond acceptors (Lipinski definition) is 0. The van der Waals surface area contributed by atoms with Crippen LogP contribution in [0.4, 0.5) is 0 Å². The summed E-state index contributed by atoms with van der Waals surface area (Å²) in [5.41, 5.74) is 0. The molecule has 0 nitrogen and oxygen atoms in total. The normalized spacial score (nSPS) is 11.1. The maximum Gasteiger partial charge on any atom is -0.0584 e.